The molecule has 1 aromatic carbocycles. The Balaban J connectivity index is 2.34. The summed E-state index contributed by atoms with van der Waals surface area (Å²) >= 11 is 0. The zero-order chi connectivity index (χ0) is 21.9. The number of nitrogens with two attached hydrogens (primary N) is 1. The van der Waals surface area contributed by atoms with Crippen molar-refractivity contribution in [1.29, 1.82) is 15.8 Å². The van der Waals surface area contributed by atoms with Gasteiger partial charge in [0.25, 0.3) is 0 Å². The third-order valence-electron chi connectivity index (χ3n) is 6.05. The van der Waals surface area contributed by atoms with E-state index < -0.39 is 11.3 Å². The monoisotopic (exact) mass is 403 g/mol. The van der Waals surface area contributed by atoms with Gasteiger partial charge in [-0.15, -0.1) is 0 Å². The van der Waals surface area contributed by atoms with E-state index in [9.17, 15) is 15.8 Å². The third-order valence-corrected chi connectivity index (χ3v) is 6.05. The minimum absolute atomic E-state index is 0.0105. The molecular weight excluding hydrogens is 378 g/mol. The van der Waals surface area contributed by atoms with Crippen molar-refractivity contribution in [1.82, 2.24) is 4.90 Å². The number of hydrogen-bond donors (Lipinski definition) is 1. The summed E-state index contributed by atoms with van der Waals surface area (Å²) in [6, 6.07) is 11.9. The topological polar surface area (TPSA) is 119 Å². The highest BCUT2D eigenvalue weighted by Gasteiger charge is 2.55. The second-order valence-corrected chi connectivity index (χ2v) is 7.52. The van der Waals surface area contributed by atoms with Crippen molar-refractivity contribution >= 4 is 0 Å². The van der Waals surface area contributed by atoms with Gasteiger partial charge in [0, 0.05) is 30.5 Å². The molecular formula is C23H25N5O2. The molecule has 0 saturated carbocycles. The second kappa shape index (κ2) is 8.49. The molecule has 1 aromatic rings. The molecule has 0 spiro atoms. The summed E-state index contributed by atoms with van der Waals surface area (Å²) in [5.74, 6) is 0.119. The second-order valence-electron chi connectivity index (χ2n) is 7.52. The number of ether oxygens (including phenoxy) is 2. The first-order chi connectivity index (χ1) is 14.5. The van der Waals surface area contributed by atoms with Crippen LogP contribution in [-0.2, 0) is 0 Å². The van der Waals surface area contributed by atoms with Crippen LogP contribution in [0, 0.1) is 45.3 Å². The number of allylic oxidation sites excluding steroid dienone is 2. The molecule has 30 heavy (non-hydrogen) atoms. The molecule has 0 aromatic heterocycles. The average Bonchev–Trinajstić information content (AvgIpc) is 2.78. The molecule has 2 atom stereocenters. The van der Waals surface area contributed by atoms with E-state index in [4.69, 9.17) is 15.2 Å². The Hall–Kier alpha value is -3.47. The molecule has 0 amide bonds. The van der Waals surface area contributed by atoms with Crippen LogP contribution in [0.3, 0.4) is 0 Å². The summed E-state index contributed by atoms with van der Waals surface area (Å²) in [4.78, 5) is 2.27. The Morgan fingerprint density at radius 3 is 2.50 bits per heavy atom. The van der Waals surface area contributed by atoms with Gasteiger partial charge in [-0.3, -0.25) is 4.90 Å². The normalized spacial score (nSPS) is 22.7. The van der Waals surface area contributed by atoms with Gasteiger partial charge < -0.3 is 15.2 Å². The van der Waals surface area contributed by atoms with Gasteiger partial charge >= 0.3 is 0 Å². The average molecular weight is 403 g/mol. The molecule has 1 aliphatic carbocycles. The molecule has 0 bridgehead atoms. The van der Waals surface area contributed by atoms with Gasteiger partial charge in [0.05, 0.1) is 37.6 Å². The minimum Gasteiger partial charge on any atom is -0.493 e. The lowest BCUT2D eigenvalue weighted by Gasteiger charge is -2.45. The molecule has 0 saturated heterocycles. The zero-order valence-electron chi connectivity index (χ0n) is 17.5. The molecule has 0 radical (unpaired) electrons. The van der Waals surface area contributed by atoms with E-state index in [-0.39, 0.29) is 17.2 Å². The molecule has 2 N–H and O–H groups in total. The highest BCUT2D eigenvalue weighted by Crippen LogP contribution is 2.56. The number of nitriles is 3. The maximum atomic E-state index is 10.2. The van der Waals surface area contributed by atoms with Crippen molar-refractivity contribution in [3.05, 3.63) is 46.7 Å². The lowest BCUT2D eigenvalue weighted by molar-refractivity contribution is 0.204. The van der Waals surface area contributed by atoms with E-state index in [2.05, 4.69) is 30.0 Å². The Kier molecular flexibility index (Phi) is 6.01. The van der Waals surface area contributed by atoms with Crippen molar-refractivity contribution in [3.8, 4) is 29.7 Å². The standard InChI is InChI=1S/C23H25N5O2/c1-4-9-28-10-8-15-17(11-24)22(27)23(13-25,14-26)20(18(15)12-28)16-6-5-7-19(29-2)21(16)30-3/h5-8,18,20H,4,9-10,12,27H2,1-3H3/t18-,20-/m0/s1. The van der Waals surface area contributed by atoms with Gasteiger partial charge in [-0.25, -0.2) is 0 Å². The number of para-hydroxylation sites is 1. The van der Waals surface area contributed by atoms with Crippen molar-refractivity contribution in [2.75, 3.05) is 33.9 Å². The number of hydrogen-bond acceptors (Lipinski definition) is 7. The number of nitrogens with zero attached hydrogens (tertiary/aromatic N) is 4. The van der Waals surface area contributed by atoms with Crippen LogP contribution in [0.25, 0.3) is 0 Å². The van der Waals surface area contributed by atoms with Crippen LogP contribution in [-0.4, -0.2) is 38.8 Å². The molecule has 0 unspecified atom stereocenters. The van der Waals surface area contributed by atoms with E-state index in [1.165, 1.54) is 7.11 Å². The summed E-state index contributed by atoms with van der Waals surface area (Å²) < 4.78 is 11.1. The van der Waals surface area contributed by atoms with Crippen molar-refractivity contribution < 1.29 is 9.47 Å². The van der Waals surface area contributed by atoms with E-state index in [0.717, 1.165) is 18.5 Å². The van der Waals surface area contributed by atoms with Crippen LogP contribution in [0.4, 0.5) is 0 Å². The van der Waals surface area contributed by atoms with Crippen molar-refractivity contribution in [3.63, 3.8) is 0 Å². The van der Waals surface area contributed by atoms with Gasteiger partial charge in [0.2, 0.25) is 0 Å². The summed E-state index contributed by atoms with van der Waals surface area (Å²) in [5, 5.41) is 30.2. The number of benzene rings is 1. The molecule has 2 aliphatic rings. The van der Waals surface area contributed by atoms with Crippen LogP contribution >= 0.6 is 0 Å². The SMILES string of the molecule is CCCN1CC=C2C(C#N)=C(N)C(C#N)(C#N)[C@@H](c3cccc(OC)c3OC)[C@H]2C1. The van der Waals surface area contributed by atoms with Crippen molar-refractivity contribution in [2.45, 2.75) is 19.3 Å². The first-order valence-corrected chi connectivity index (χ1v) is 9.89. The van der Waals surface area contributed by atoms with Crippen LogP contribution in [0.5, 0.6) is 11.5 Å². The minimum atomic E-state index is -1.69. The molecule has 7 heteroatoms. The van der Waals surface area contributed by atoms with E-state index >= 15 is 0 Å². The highest BCUT2D eigenvalue weighted by molar-refractivity contribution is 5.62. The largest absolute Gasteiger partial charge is 0.493 e. The number of fused-ring (bicyclic) bond motifs is 1. The molecule has 3 rings (SSSR count). The molecule has 7 nitrogen and oxygen atoms in total. The van der Waals surface area contributed by atoms with Crippen LogP contribution in [0.2, 0.25) is 0 Å². The molecule has 1 aliphatic heterocycles. The first kappa shape index (κ1) is 21.2. The van der Waals surface area contributed by atoms with Gasteiger partial charge in [-0.05, 0) is 24.6 Å². The predicted octanol–water partition coefficient (Wildman–Crippen LogP) is 2.84. The van der Waals surface area contributed by atoms with Crippen LogP contribution in [0.15, 0.2) is 41.1 Å². The van der Waals surface area contributed by atoms with E-state index in [1.54, 1.807) is 13.2 Å². The molecule has 1 heterocycles. The van der Waals surface area contributed by atoms with Crippen molar-refractivity contribution in [2.24, 2.45) is 17.1 Å². The predicted molar refractivity (Wildman–Crippen MR) is 111 cm³/mol. The third kappa shape index (κ3) is 3.07. The van der Waals surface area contributed by atoms with Crippen LogP contribution in [0.1, 0.15) is 24.8 Å². The Labute approximate surface area is 177 Å². The Morgan fingerprint density at radius 1 is 1.20 bits per heavy atom. The van der Waals surface area contributed by atoms with E-state index in [0.29, 0.717) is 30.2 Å². The summed E-state index contributed by atoms with van der Waals surface area (Å²) in [6.45, 7) is 4.31. The Bertz CT molecular complexity index is 1010. The maximum Gasteiger partial charge on any atom is 0.191 e. The Morgan fingerprint density at radius 2 is 1.93 bits per heavy atom. The summed E-state index contributed by atoms with van der Waals surface area (Å²) in [5.41, 5.74) is 6.41. The number of methoxy groups -OCH3 is 2. The number of rotatable bonds is 5. The van der Waals surface area contributed by atoms with Crippen LogP contribution < -0.4 is 15.2 Å². The summed E-state index contributed by atoms with van der Waals surface area (Å²) in [7, 11) is 3.08. The van der Waals surface area contributed by atoms with E-state index in [1.807, 2.05) is 18.2 Å². The fraction of sp³-hybridized carbons (Fsp3) is 0.435. The quantitative estimate of drug-likeness (QED) is 0.803. The molecule has 154 valence electrons. The first-order valence-electron chi connectivity index (χ1n) is 9.89. The zero-order valence-corrected chi connectivity index (χ0v) is 17.5. The highest BCUT2D eigenvalue weighted by atomic mass is 16.5. The summed E-state index contributed by atoms with van der Waals surface area (Å²) in [6.07, 6.45) is 2.99. The lowest BCUT2D eigenvalue weighted by atomic mass is 9.58. The molecule has 0 fully saturated rings. The van der Waals surface area contributed by atoms with Gasteiger partial charge in [-0.1, -0.05) is 25.1 Å². The smallest absolute Gasteiger partial charge is 0.191 e. The van der Waals surface area contributed by atoms with Gasteiger partial charge in [-0.2, -0.15) is 15.8 Å². The lowest BCUT2D eigenvalue weighted by Crippen LogP contribution is -2.48. The fourth-order valence-corrected chi connectivity index (χ4v) is 4.74. The van der Waals surface area contributed by atoms with Gasteiger partial charge in [0.1, 0.15) is 6.07 Å². The fourth-order valence-electron chi connectivity index (χ4n) is 4.74. The maximum absolute atomic E-state index is 10.2. The van der Waals surface area contributed by atoms with Gasteiger partial charge in [0.15, 0.2) is 16.9 Å².